The SMILES string of the molecule is COc1ccc(CN2CCC(N(C)C(=O)n3cnc(-c4cccc(C(N)=O)c4)c3)CC2)cc1.Cl. The van der Waals surface area contributed by atoms with Gasteiger partial charge in [-0.1, -0.05) is 24.3 Å². The van der Waals surface area contributed by atoms with Gasteiger partial charge in [0.05, 0.1) is 12.8 Å². The molecule has 0 saturated carbocycles. The molecule has 0 spiro atoms. The first kappa shape index (κ1) is 25.3. The predicted octanol–water partition coefficient (Wildman–Crippen LogP) is 3.64. The number of piperidine rings is 1. The molecule has 8 nitrogen and oxygen atoms in total. The summed E-state index contributed by atoms with van der Waals surface area (Å²) in [5.74, 6) is 0.367. The van der Waals surface area contributed by atoms with Crippen LogP contribution in [-0.4, -0.2) is 64.6 Å². The Morgan fingerprint density at radius 3 is 2.50 bits per heavy atom. The average Bonchev–Trinajstić information content (AvgIpc) is 3.34. The van der Waals surface area contributed by atoms with Gasteiger partial charge in [-0.2, -0.15) is 0 Å². The minimum atomic E-state index is -0.495. The molecule has 9 heteroatoms. The van der Waals surface area contributed by atoms with Crippen molar-refractivity contribution in [2.24, 2.45) is 5.73 Å². The summed E-state index contributed by atoms with van der Waals surface area (Å²) in [4.78, 5) is 33.1. The lowest BCUT2D eigenvalue weighted by Crippen LogP contribution is -2.46. The number of methoxy groups -OCH3 is 1. The van der Waals surface area contributed by atoms with E-state index in [4.69, 9.17) is 10.5 Å². The van der Waals surface area contributed by atoms with Gasteiger partial charge in [0.1, 0.15) is 12.1 Å². The number of rotatable bonds is 6. The number of nitrogens with two attached hydrogens (primary N) is 1. The molecule has 2 amide bonds. The minimum absolute atomic E-state index is 0. The Hall–Kier alpha value is -3.36. The number of imidazole rings is 1. The molecule has 1 aliphatic rings. The topological polar surface area (TPSA) is 93.7 Å². The number of carbonyl (C=O) groups excluding carboxylic acids is 2. The monoisotopic (exact) mass is 483 g/mol. The average molecular weight is 484 g/mol. The van der Waals surface area contributed by atoms with Crippen LogP contribution in [0.4, 0.5) is 4.79 Å². The Balaban J connectivity index is 0.00000324. The molecule has 2 aromatic carbocycles. The number of primary amides is 1. The van der Waals surface area contributed by atoms with Gasteiger partial charge in [0.15, 0.2) is 0 Å². The third kappa shape index (κ3) is 5.76. The Kier molecular flexibility index (Phi) is 8.31. The zero-order valence-electron chi connectivity index (χ0n) is 19.4. The number of carbonyl (C=O) groups is 2. The first-order valence-electron chi connectivity index (χ1n) is 11.0. The number of hydrogen-bond acceptors (Lipinski definition) is 5. The fourth-order valence-corrected chi connectivity index (χ4v) is 4.20. The first-order valence-corrected chi connectivity index (χ1v) is 11.0. The van der Waals surface area contributed by atoms with E-state index in [9.17, 15) is 9.59 Å². The van der Waals surface area contributed by atoms with E-state index in [1.54, 1.807) is 36.4 Å². The number of likely N-dealkylation sites (tertiary alicyclic amines) is 1. The molecule has 3 aromatic rings. The zero-order valence-corrected chi connectivity index (χ0v) is 20.2. The van der Waals surface area contributed by atoms with E-state index >= 15 is 0 Å². The molecule has 1 fully saturated rings. The largest absolute Gasteiger partial charge is 0.497 e. The van der Waals surface area contributed by atoms with Gasteiger partial charge >= 0.3 is 6.03 Å². The highest BCUT2D eigenvalue weighted by Gasteiger charge is 2.26. The Morgan fingerprint density at radius 1 is 1.15 bits per heavy atom. The van der Waals surface area contributed by atoms with E-state index in [1.807, 2.05) is 25.2 Å². The molecule has 1 saturated heterocycles. The fourth-order valence-electron chi connectivity index (χ4n) is 4.20. The third-order valence-electron chi connectivity index (χ3n) is 6.22. The molecule has 1 aromatic heterocycles. The molecule has 4 rings (SSSR count). The van der Waals surface area contributed by atoms with Gasteiger partial charge in [0, 0.05) is 50.0 Å². The van der Waals surface area contributed by atoms with Gasteiger partial charge in [-0.05, 0) is 42.7 Å². The Morgan fingerprint density at radius 2 is 1.85 bits per heavy atom. The van der Waals surface area contributed by atoms with Gasteiger partial charge in [-0.3, -0.25) is 14.3 Å². The summed E-state index contributed by atoms with van der Waals surface area (Å²) in [6.07, 6.45) is 5.04. The van der Waals surface area contributed by atoms with Crippen molar-refractivity contribution in [2.45, 2.75) is 25.4 Å². The van der Waals surface area contributed by atoms with Crippen LogP contribution in [0, 0.1) is 0 Å². The smallest absolute Gasteiger partial charge is 0.329 e. The molecule has 2 heterocycles. The molecule has 0 bridgehead atoms. The van der Waals surface area contributed by atoms with Crippen molar-refractivity contribution >= 4 is 24.3 Å². The quantitative estimate of drug-likeness (QED) is 0.577. The second-order valence-corrected chi connectivity index (χ2v) is 8.36. The van der Waals surface area contributed by atoms with Crippen LogP contribution in [0.25, 0.3) is 11.3 Å². The van der Waals surface area contributed by atoms with E-state index in [0.717, 1.165) is 43.8 Å². The molecular weight excluding hydrogens is 454 g/mol. The highest BCUT2D eigenvalue weighted by Crippen LogP contribution is 2.22. The lowest BCUT2D eigenvalue weighted by molar-refractivity contribution is 0.1000. The summed E-state index contributed by atoms with van der Waals surface area (Å²) >= 11 is 0. The van der Waals surface area contributed by atoms with Crippen molar-refractivity contribution in [1.29, 1.82) is 0 Å². The molecule has 0 radical (unpaired) electrons. The van der Waals surface area contributed by atoms with Crippen LogP contribution in [0.2, 0.25) is 0 Å². The van der Waals surface area contributed by atoms with Crippen LogP contribution in [0.1, 0.15) is 28.8 Å². The standard InChI is InChI=1S/C25H29N5O3.ClH/c1-28(21-10-12-29(13-11-21)15-18-6-8-22(33-2)9-7-18)25(32)30-16-23(27-17-30)19-4-3-5-20(14-19)24(26)31;/h3-9,14,16-17,21H,10-13,15H2,1-2H3,(H2,26,31);1H. The lowest BCUT2D eigenvalue weighted by atomic mass is 10.0. The van der Waals surface area contributed by atoms with Crippen molar-refractivity contribution in [3.05, 3.63) is 72.2 Å². The number of hydrogen-bond donors (Lipinski definition) is 1. The number of benzene rings is 2. The maximum absolute atomic E-state index is 13.0. The maximum Gasteiger partial charge on any atom is 0.329 e. The van der Waals surface area contributed by atoms with Crippen molar-refractivity contribution in [3.63, 3.8) is 0 Å². The predicted molar refractivity (Wildman–Crippen MR) is 133 cm³/mol. The van der Waals surface area contributed by atoms with Gasteiger partial charge in [-0.15, -0.1) is 12.4 Å². The summed E-state index contributed by atoms with van der Waals surface area (Å²) in [6.45, 7) is 2.76. The van der Waals surface area contributed by atoms with Gasteiger partial charge in [-0.25, -0.2) is 9.78 Å². The number of ether oxygens (including phenoxy) is 1. The molecule has 0 atom stereocenters. The van der Waals surface area contributed by atoms with E-state index < -0.39 is 5.91 Å². The van der Waals surface area contributed by atoms with E-state index in [1.165, 1.54) is 16.5 Å². The highest BCUT2D eigenvalue weighted by atomic mass is 35.5. The molecule has 180 valence electrons. The van der Waals surface area contributed by atoms with Crippen LogP contribution < -0.4 is 10.5 Å². The summed E-state index contributed by atoms with van der Waals surface area (Å²) in [5.41, 5.74) is 8.39. The second-order valence-electron chi connectivity index (χ2n) is 8.36. The fraction of sp³-hybridized carbons (Fsp3) is 0.320. The van der Waals surface area contributed by atoms with Crippen LogP contribution in [0.3, 0.4) is 0 Å². The van der Waals surface area contributed by atoms with Crippen molar-refractivity contribution in [1.82, 2.24) is 19.4 Å². The number of amides is 2. The summed E-state index contributed by atoms with van der Waals surface area (Å²) in [5, 5.41) is 0. The summed E-state index contributed by atoms with van der Waals surface area (Å²) in [6, 6.07) is 15.1. The second kappa shape index (κ2) is 11.2. The van der Waals surface area contributed by atoms with Crippen LogP contribution >= 0.6 is 12.4 Å². The van der Waals surface area contributed by atoms with Gasteiger partial charge in [0.25, 0.3) is 0 Å². The van der Waals surface area contributed by atoms with Gasteiger partial charge in [0.2, 0.25) is 5.91 Å². The van der Waals surface area contributed by atoms with Crippen molar-refractivity contribution in [2.75, 3.05) is 27.2 Å². The molecule has 34 heavy (non-hydrogen) atoms. The minimum Gasteiger partial charge on any atom is -0.497 e. The number of halogens is 1. The third-order valence-corrected chi connectivity index (χ3v) is 6.22. The maximum atomic E-state index is 13.0. The first-order chi connectivity index (χ1) is 15.9. The molecule has 0 unspecified atom stereocenters. The number of aromatic nitrogens is 2. The van der Waals surface area contributed by atoms with Crippen LogP contribution in [0.5, 0.6) is 5.75 Å². The van der Waals surface area contributed by atoms with Crippen LogP contribution in [0.15, 0.2) is 61.1 Å². The van der Waals surface area contributed by atoms with E-state index in [0.29, 0.717) is 11.3 Å². The van der Waals surface area contributed by atoms with Crippen LogP contribution in [-0.2, 0) is 6.54 Å². The normalized spacial score (nSPS) is 14.3. The van der Waals surface area contributed by atoms with Crippen molar-refractivity contribution < 1.29 is 14.3 Å². The number of nitrogens with zero attached hydrogens (tertiary/aromatic N) is 4. The van der Waals surface area contributed by atoms with Crippen molar-refractivity contribution in [3.8, 4) is 17.0 Å². The lowest BCUT2D eigenvalue weighted by Gasteiger charge is -2.36. The highest BCUT2D eigenvalue weighted by molar-refractivity contribution is 5.94. The summed E-state index contributed by atoms with van der Waals surface area (Å²) in [7, 11) is 3.52. The van der Waals surface area contributed by atoms with E-state index in [2.05, 4.69) is 22.0 Å². The van der Waals surface area contributed by atoms with E-state index in [-0.39, 0.29) is 24.5 Å². The summed E-state index contributed by atoms with van der Waals surface area (Å²) < 4.78 is 6.72. The molecular formula is C25H30ClN5O3. The molecule has 2 N–H and O–H groups in total. The Labute approximate surface area is 205 Å². The Bertz CT molecular complexity index is 1120. The molecule has 0 aliphatic carbocycles. The zero-order chi connectivity index (χ0) is 23.4. The van der Waals surface area contributed by atoms with Gasteiger partial charge < -0.3 is 15.4 Å². The molecule has 1 aliphatic heterocycles.